The Labute approximate surface area is 140 Å². The van der Waals surface area contributed by atoms with Crippen LogP contribution in [-0.2, 0) is 13.1 Å². The zero-order valence-corrected chi connectivity index (χ0v) is 13.4. The Bertz CT molecular complexity index is 678. The number of ether oxygens (including phenoxy) is 2. The molecule has 8 heteroatoms. The van der Waals surface area contributed by atoms with Crippen molar-refractivity contribution >= 4 is 12.4 Å². The number of nitrogens with zero attached hydrogens (tertiary/aromatic N) is 3. The predicted octanol–water partition coefficient (Wildman–Crippen LogP) is 2.02. The summed E-state index contributed by atoms with van der Waals surface area (Å²) in [6, 6.07) is 6.51. The summed E-state index contributed by atoms with van der Waals surface area (Å²) in [5.41, 5.74) is 6.75. The molecule has 0 bridgehead atoms. The molecule has 124 valence electrons. The average molecular weight is 339 g/mol. The summed E-state index contributed by atoms with van der Waals surface area (Å²) in [6.07, 6.45) is 2.27. The number of nitrogens with two attached hydrogens (primary N) is 1. The highest BCUT2D eigenvalue weighted by molar-refractivity contribution is 5.85. The van der Waals surface area contributed by atoms with Crippen LogP contribution in [0.3, 0.4) is 0 Å². The SMILES string of the molecule is Cl.NCc1nc(CN2CCCC2c2ccc3c(c2)OCO3)no1. The van der Waals surface area contributed by atoms with Gasteiger partial charge in [-0.1, -0.05) is 11.2 Å². The maximum absolute atomic E-state index is 5.51. The molecule has 23 heavy (non-hydrogen) atoms. The number of likely N-dealkylation sites (tertiary alicyclic amines) is 1. The van der Waals surface area contributed by atoms with Gasteiger partial charge in [-0.25, -0.2) is 0 Å². The summed E-state index contributed by atoms with van der Waals surface area (Å²) in [5, 5.41) is 3.98. The van der Waals surface area contributed by atoms with E-state index in [1.165, 1.54) is 5.56 Å². The third kappa shape index (κ3) is 3.12. The molecule has 2 aromatic rings. The van der Waals surface area contributed by atoms with Gasteiger partial charge in [-0.3, -0.25) is 4.90 Å². The minimum Gasteiger partial charge on any atom is -0.454 e. The molecule has 0 saturated carbocycles. The molecule has 3 heterocycles. The molecule has 0 amide bonds. The van der Waals surface area contributed by atoms with Crippen molar-refractivity contribution in [1.29, 1.82) is 0 Å². The Hall–Kier alpha value is -1.83. The van der Waals surface area contributed by atoms with Crippen LogP contribution in [0, 0.1) is 0 Å². The van der Waals surface area contributed by atoms with Crippen LogP contribution in [0.25, 0.3) is 0 Å². The number of hydrogen-bond acceptors (Lipinski definition) is 7. The first-order valence-corrected chi connectivity index (χ1v) is 7.48. The predicted molar refractivity (Wildman–Crippen MR) is 84.4 cm³/mol. The van der Waals surface area contributed by atoms with Crippen LogP contribution < -0.4 is 15.2 Å². The fourth-order valence-corrected chi connectivity index (χ4v) is 3.13. The summed E-state index contributed by atoms with van der Waals surface area (Å²) < 4.78 is 15.9. The molecule has 1 fully saturated rings. The van der Waals surface area contributed by atoms with E-state index >= 15 is 0 Å². The zero-order chi connectivity index (χ0) is 14.9. The summed E-state index contributed by atoms with van der Waals surface area (Å²) in [5.74, 6) is 2.82. The van der Waals surface area contributed by atoms with Crippen LogP contribution in [0.15, 0.2) is 22.7 Å². The lowest BCUT2D eigenvalue weighted by Crippen LogP contribution is -2.23. The average Bonchev–Trinajstić information content (AvgIpc) is 3.27. The largest absolute Gasteiger partial charge is 0.454 e. The van der Waals surface area contributed by atoms with Gasteiger partial charge in [0.1, 0.15) is 0 Å². The molecule has 2 aliphatic rings. The molecule has 7 nitrogen and oxygen atoms in total. The molecular formula is C15H19ClN4O3. The molecule has 2 N–H and O–H groups in total. The van der Waals surface area contributed by atoms with Crippen molar-refractivity contribution in [1.82, 2.24) is 15.0 Å². The van der Waals surface area contributed by atoms with Crippen LogP contribution in [0.1, 0.15) is 36.2 Å². The van der Waals surface area contributed by atoms with Gasteiger partial charge in [-0.15, -0.1) is 12.4 Å². The van der Waals surface area contributed by atoms with Crippen molar-refractivity contribution in [2.24, 2.45) is 5.73 Å². The van der Waals surface area contributed by atoms with E-state index in [1.807, 2.05) is 6.07 Å². The first kappa shape index (κ1) is 16.0. The molecule has 0 spiro atoms. The lowest BCUT2D eigenvalue weighted by Gasteiger charge is -2.23. The van der Waals surface area contributed by atoms with Crippen molar-refractivity contribution in [2.75, 3.05) is 13.3 Å². The topological polar surface area (TPSA) is 86.6 Å². The normalized spacial score (nSPS) is 19.8. The second-order valence-corrected chi connectivity index (χ2v) is 5.55. The molecule has 2 aliphatic heterocycles. The second-order valence-electron chi connectivity index (χ2n) is 5.55. The van der Waals surface area contributed by atoms with E-state index in [0.717, 1.165) is 30.9 Å². The minimum absolute atomic E-state index is 0. The Morgan fingerprint density at radius 1 is 1.26 bits per heavy atom. The highest BCUT2D eigenvalue weighted by Crippen LogP contribution is 2.39. The summed E-state index contributed by atoms with van der Waals surface area (Å²) in [6.45, 7) is 2.27. The van der Waals surface area contributed by atoms with Gasteiger partial charge in [0.25, 0.3) is 0 Å². The van der Waals surface area contributed by atoms with Gasteiger partial charge in [-0.2, -0.15) is 4.98 Å². The maximum atomic E-state index is 5.51. The Morgan fingerprint density at radius 3 is 2.96 bits per heavy atom. The van der Waals surface area contributed by atoms with Crippen molar-refractivity contribution in [3.63, 3.8) is 0 Å². The third-order valence-electron chi connectivity index (χ3n) is 4.17. The monoisotopic (exact) mass is 338 g/mol. The number of halogens is 1. The van der Waals surface area contributed by atoms with Crippen LogP contribution in [-0.4, -0.2) is 28.4 Å². The fraction of sp³-hybridized carbons (Fsp3) is 0.467. The van der Waals surface area contributed by atoms with Gasteiger partial charge in [-0.05, 0) is 37.1 Å². The second kappa shape index (κ2) is 6.74. The number of rotatable bonds is 4. The first-order chi connectivity index (χ1) is 10.8. The summed E-state index contributed by atoms with van der Waals surface area (Å²) >= 11 is 0. The Morgan fingerprint density at radius 2 is 2.13 bits per heavy atom. The summed E-state index contributed by atoms with van der Waals surface area (Å²) in [7, 11) is 0. The zero-order valence-electron chi connectivity index (χ0n) is 12.6. The fourth-order valence-electron chi connectivity index (χ4n) is 3.13. The highest BCUT2D eigenvalue weighted by atomic mass is 35.5. The molecule has 1 saturated heterocycles. The van der Waals surface area contributed by atoms with Crippen molar-refractivity contribution in [2.45, 2.75) is 32.0 Å². The number of aromatic nitrogens is 2. The number of benzene rings is 1. The van der Waals surface area contributed by atoms with Gasteiger partial charge >= 0.3 is 0 Å². The first-order valence-electron chi connectivity index (χ1n) is 7.48. The molecule has 1 aromatic carbocycles. The molecular weight excluding hydrogens is 320 g/mol. The van der Waals surface area contributed by atoms with Crippen LogP contribution in [0.4, 0.5) is 0 Å². The van der Waals surface area contributed by atoms with E-state index in [9.17, 15) is 0 Å². The molecule has 1 atom stereocenters. The van der Waals surface area contributed by atoms with Gasteiger partial charge in [0.2, 0.25) is 12.7 Å². The third-order valence-corrected chi connectivity index (χ3v) is 4.17. The van der Waals surface area contributed by atoms with Crippen molar-refractivity contribution in [3.05, 3.63) is 35.5 Å². The van der Waals surface area contributed by atoms with E-state index < -0.39 is 0 Å². The summed E-state index contributed by atoms with van der Waals surface area (Å²) in [4.78, 5) is 6.65. The molecule has 4 rings (SSSR count). The molecule has 0 radical (unpaired) electrons. The van der Waals surface area contributed by atoms with Crippen LogP contribution >= 0.6 is 12.4 Å². The van der Waals surface area contributed by atoms with E-state index in [2.05, 4.69) is 27.2 Å². The van der Waals surface area contributed by atoms with E-state index in [4.69, 9.17) is 19.7 Å². The number of hydrogen-bond donors (Lipinski definition) is 1. The molecule has 0 aliphatic carbocycles. The Balaban J connectivity index is 0.00000156. The molecule has 1 unspecified atom stereocenters. The van der Waals surface area contributed by atoms with Crippen molar-refractivity contribution in [3.8, 4) is 11.5 Å². The van der Waals surface area contributed by atoms with Gasteiger partial charge in [0.05, 0.1) is 13.1 Å². The van der Waals surface area contributed by atoms with Gasteiger partial charge in [0.15, 0.2) is 17.3 Å². The van der Waals surface area contributed by atoms with Gasteiger partial charge < -0.3 is 19.7 Å². The highest BCUT2D eigenvalue weighted by Gasteiger charge is 2.28. The van der Waals surface area contributed by atoms with Crippen molar-refractivity contribution < 1.29 is 14.0 Å². The lowest BCUT2D eigenvalue weighted by atomic mass is 10.0. The minimum atomic E-state index is 0. The standard InChI is InChI=1S/C15H18N4O3.ClH/c16-7-15-17-14(18-22-15)8-19-5-1-2-11(19)10-3-4-12-13(6-10)21-9-20-12;/h3-4,6,11H,1-2,5,7-9,16H2;1H. The van der Waals surface area contributed by atoms with Crippen LogP contribution in [0.5, 0.6) is 11.5 Å². The van der Waals surface area contributed by atoms with E-state index in [-0.39, 0.29) is 19.0 Å². The van der Waals surface area contributed by atoms with Crippen LogP contribution in [0.2, 0.25) is 0 Å². The Kier molecular flexibility index (Phi) is 4.70. The quantitative estimate of drug-likeness (QED) is 0.912. The smallest absolute Gasteiger partial charge is 0.240 e. The molecule has 1 aromatic heterocycles. The maximum Gasteiger partial charge on any atom is 0.240 e. The van der Waals surface area contributed by atoms with E-state index in [0.29, 0.717) is 31.1 Å². The van der Waals surface area contributed by atoms with Gasteiger partial charge in [0, 0.05) is 6.04 Å². The number of fused-ring (bicyclic) bond motifs is 1. The lowest BCUT2D eigenvalue weighted by molar-refractivity contribution is 0.173. The van der Waals surface area contributed by atoms with E-state index in [1.54, 1.807) is 0 Å².